The molecule has 18 heavy (non-hydrogen) atoms. The van der Waals surface area contributed by atoms with Crippen LogP contribution in [0.25, 0.3) is 11.4 Å². The van der Waals surface area contributed by atoms with Crippen molar-refractivity contribution in [3.63, 3.8) is 0 Å². The molecule has 2 aromatic rings. The molecule has 0 fully saturated rings. The van der Waals surface area contributed by atoms with Crippen molar-refractivity contribution in [2.24, 2.45) is 11.7 Å². The van der Waals surface area contributed by atoms with E-state index in [0.717, 1.165) is 17.5 Å². The summed E-state index contributed by atoms with van der Waals surface area (Å²) >= 11 is 0. The highest BCUT2D eigenvalue weighted by Gasteiger charge is 2.17. The van der Waals surface area contributed by atoms with Crippen LogP contribution in [0.1, 0.15) is 37.8 Å². The summed E-state index contributed by atoms with van der Waals surface area (Å²) in [4.78, 5) is 8.40. The van der Waals surface area contributed by atoms with Crippen molar-refractivity contribution >= 4 is 0 Å². The van der Waals surface area contributed by atoms with Crippen LogP contribution in [0.2, 0.25) is 0 Å². The van der Waals surface area contributed by atoms with Gasteiger partial charge in [-0.2, -0.15) is 4.98 Å². The average Bonchev–Trinajstić information content (AvgIpc) is 2.78. The molecular weight excluding hydrogens is 228 g/mol. The first-order chi connectivity index (χ1) is 8.58. The molecule has 0 saturated heterocycles. The quantitative estimate of drug-likeness (QED) is 0.896. The highest BCUT2D eigenvalue weighted by atomic mass is 16.5. The maximum absolute atomic E-state index is 6.02. The standard InChI is InChI=1S/C13H18N4O/c1-8(2)6-11(14)13-16-12(17-18-13)10-4-5-15-7-9(10)3/h4-5,7-8,11H,6,14H2,1-3H3/t11-/m1/s1. The molecule has 5 nitrogen and oxygen atoms in total. The molecule has 0 unspecified atom stereocenters. The second-order valence-electron chi connectivity index (χ2n) is 4.88. The largest absolute Gasteiger partial charge is 0.337 e. The third kappa shape index (κ3) is 2.73. The highest BCUT2D eigenvalue weighted by Crippen LogP contribution is 2.22. The van der Waals surface area contributed by atoms with Crippen LogP contribution in [-0.2, 0) is 0 Å². The van der Waals surface area contributed by atoms with Crippen LogP contribution >= 0.6 is 0 Å². The molecular formula is C13H18N4O. The van der Waals surface area contributed by atoms with E-state index < -0.39 is 0 Å². The zero-order valence-corrected chi connectivity index (χ0v) is 10.9. The van der Waals surface area contributed by atoms with E-state index in [1.165, 1.54) is 0 Å². The number of aromatic nitrogens is 3. The fourth-order valence-electron chi connectivity index (χ4n) is 1.83. The fourth-order valence-corrected chi connectivity index (χ4v) is 1.83. The smallest absolute Gasteiger partial charge is 0.243 e. The Morgan fingerprint density at radius 1 is 1.39 bits per heavy atom. The van der Waals surface area contributed by atoms with Crippen molar-refractivity contribution in [2.45, 2.75) is 33.2 Å². The molecule has 0 aliphatic rings. The maximum Gasteiger partial charge on any atom is 0.243 e. The van der Waals surface area contributed by atoms with Gasteiger partial charge in [-0.05, 0) is 30.9 Å². The lowest BCUT2D eigenvalue weighted by atomic mass is 10.0. The molecule has 2 rings (SSSR count). The molecule has 0 aliphatic carbocycles. The van der Waals surface area contributed by atoms with Crippen molar-refractivity contribution in [1.29, 1.82) is 0 Å². The maximum atomic E-state index is 6.02. The summed E-state index contributed by atoms with van der Waals surface area (Å²) in [5.41, 5.74) is 7.96. The van der Waals surface area contributed by atoms with Crippen LogP contribution in [0.4, 0.5) is 0 Å². The zero-order valence-electron chi connectivity index (χ0n) is 10.9. The molecule has 2 aromatic heterocycles. The molecule has 2 N–H and O–H groups in total. The summed E-state index contributed by atoms with van der Waals surface area (Å²) in [5.74, 6) is 1.57. The molecule has 0 bridgehead atoms. The normalized spacial score (nSPS) is 12.9. The van der Waals surface area contributed by atoms with Crippen molar-refractivity contribution in [3.05, 3.63) is 29.9 Å². The molecule has 0 amide bonds. The third-order valence-electron chi connectivity index (χ3n) is 2.75. The topological polar surface area (TPSA) is 77.8 Å². The SMILES string of the molecule is Cc1cnccc1-c1noc([C@H](N)CC(C)C)n1. The van der Waals surface area contributed by atoms with Gasteiger partial charge in [0, 0.05) is 18.0 Å². The van der Waals surface area contributed by atoms with E-state index >= 15 is 0 Å². The van der Waals surface area contributed by atoms with Gasteiger partial charge in [-0.3, -0.25) is 4.98 Å². The highest BCUT2D eigenvalue weighted by molar-refractivity contribution is 5.57. The Hall–Kier alpha value is -1.75. The third-order valence-corrected chi connectivity index (χ3v) is 2.75. The summed E-state index contributed by atoms with van der Waals surface area (Å²) in [6.07, 6.45) is 4.32. The van der Waals surface area contributed by atoms with Crippen molar-refractivity contribution in [3.8, 4) is 11.4 Å². The lowest BCUT2D eigenvalue weighted by Crippen LogP contribution is -2.13. The molecule has 2 heterocycles. The molecule has 0 aromatic carbocycles. The number of pyridine rings is 1. The molecule has 96 valence electrons. The van der Waals surface area contributed by atoms with Gasteiger partial charge < -0.3 is 10.3 Å². The van der Waals surface area contributed by atoms with Crippen LogP contribution in [0.5, 0.6) is 0 Å². The van der Waals surface area contributed by atoms with Gasteiger partial charge in [0.25, 0.3) is 0 Å². The van der Waals surface area contributed by atoms with E-state index in [1.54, 1.807) is 12.4 Å². The van der Waals surface area contributed by atoms with E-state index in [4.69, 9.17) is 10.3 Å². The number of hydrogen-bond donors (Lipinski definition) is 1. The van der Waals surface area contributed by atoms with Gasteiger partial charge in [0.1, 0.15) is 0 Å². The van der Waals surface area contributed by atoms with Crippen molar-refractivity contribution in [1.82, 2.24) is 15.1 Å². The molecule has 0 spiro atoms. The monoisotopic (exact) mass is 246 g/mol. The van der Waals surface area contributed by atoms with E-state index in [0.29, 0.717) is 17.6 Å². The summed E-state index contributed by atoms with van der Waals surface area (Å²) in [6, 6.07) is 1.67. The second-order valence-corrected chi connectivity index (χ2v) is 4.88. The van der Waals surface area contributed by atoms with Gasteiger partial charge in [-0.25, -0.2) is 0 Å². The molecule has 5 heteroatoms. The van der Waals surface area contributed by atoms with Crippen molar-refractivity contribution < 1.29 is 4.52 Å². The minimum atomic E-state index is -0.201. The number of aryl methyl sites for hydroxylation is 1. The van der Waals surface area contributed by atoms with Crippen LogP contribution < -0.4 is 5.73 Å². The molecule has 0 saturated carbocycles. The van der Waals surface area contributed by atoms with Gasteiger partial charge in [0.15, 0.2) is 0 Å². The van der Waals surface area contributed by atoms with Crippen LogP contribution in [-0.4, -0.2) is 15.1 Å². The predicted octanol–water partition coefficient (Wildman–Crippen LogP) is 2.49. The average molecular weight is 246 g/mol. The van der Waals surface area contributed by atoms with Gasteiger partial charge in [0.05, 0.1) is 6.04 Å². The van der Waals surface area contributed by atoms with Crippen LogP contribution in [0.15, 0.2) is 23.0 Å². The summed E-state index contributed by atoms with van der Waals surface area (Å²) in [7, 11) is 0. The first kappa shape index (κ1) is 12.7. The number of nitrogens with zero attached hydrogens (tertiary/aromatic N) is 3. The Kier molecular flexibility index (Phi) is 3.72. The number of nitrogens with two attached hydrogens (primary N) is 1. The summed E-state index contributed by atoms with van der Waals surface area (Å²) in [5, 5.41) is 3.98. The van der Waals surface area contributed by atoms with E-state index in [2.05, 4.69) is 29.0 Å². The molecule has 0 aliphatic heterocycles. The Labute approximate surface area is 106 Å². The summed E-state index contributed by atoms with van der Waals surface area (Å²) in [6.45, 7) is 6.20. The van der Waals surface area contributed by atoms with Gasteiger partial charge >= 0.3 is 0 Å². The number of rotatable bonds is 4. The van der Waals surface area contributed by atoms with Gasteiger partial charge in [0.2, 0.25) is 11.7 Å². The minimum absolute atomic E-state index is 0.201. The first-order valence-corrected chi connectivity index (χ1v) is 6.08. The Balaban J connectivity index is 2.23. The van der Waals surface area contributed by atoms with Gasteiger partial charge in [-0.1, -0.05) is 19.0 Å². The van der Waals surface area contributed by atoms with Crippen LogP contribution in [0.3, 0.4) is 0 Å². The van der Waals surface area contributed by atoms with E-state index in [9.17, 15) is 0 Å². The Morgan fingerprint density at radius 3 is 2.83 bits per heavy atom. The number of hydrogen-bond acceptors (Lipinski definition) is 5. The Morgan fingerprint density at radius 2 is 2.17 bits per heavy atom. The molecule has 1 atom stereocenters. The van der Waals surface area contributed by atoms with E-state index in [-0.39, 0.29) is 6.04 Å². The lowest BCUT2D eigenvalue weighted by Gasteiger charge is -2.08. The zero-order chi connectivity index (χ0) is 13.1. The first-order valence-electron chi connectivity index (χ1n) is 6.08. The molecule has 0 radical (unpaired) electrons. The van der Waals surface area contributed by atoms with E-state index in [1.807, 2.05) is 13.0 Å². The minimum Gasteiger partial charge on any atom is -0.337 e. The fraction of sp³-hybridized carbons (Fsp3) is 0.462. The second kappa shape index (κ2) is 5.27. The Bertz CT molecular complexity index is 521. The van der Waals surface area contributed by atoms with Crippen LogP contribution in [0, 0.1) is 12.8 Å². The van der Waals surface area contributed by atoms with Crippen molar-refractivity contribution in [2.75, 3.05) is 0 Å². The van der Waals surface area contributed by atoms with Gasteiger partial charge in [-0.15, -0.1) is 0 Å². The predicted molar refractivity (Wildman–Crippen MR) is 68.6 cm³/mol. The summed E-state index contributed by atoms with van der Waals surface area (Å²) < 4.78 is 5.23. The lowest BCUT2D eigenvalue weighted by molar-refractivity contribution is 0.335.